The summed E-state index contributed by atoms with van der Waals surface area (Å²) in [7, 11) is 0. The second kappa shape index (κ2) is 10.5. The molecule has 3 aromatic carbocycles. The second-order valence-corrected chi connectivity index (χ2v) is 11.2. The molecule has 1 fully saturated rings. The van der Waals surface area contributed by atoms with E-state index >= 15 is 0 Å². The van der Waals surface area contributed by atoms with Crippen molar-refractivity contribution in [2.24, 2.45) is 11.8 Å². The smallest absolute Gasteiger partial charge is 0.338 e. The maximum atomic E-state index is 12.5. The minimum absolute atomic E-state index is 0.222. The van der Waals surface area contributed by atoms with Gasteiger partial charge in [-0.15, -0.1) is 0 Å². The van der Waals surface area contributed by atoms with Crippen LogP contribution in [0.2, 0.25) is 5.02 Å². The van der Waals surface area contributed by atoms with Gasteiger partial charge in [0, 0.05) is 23.7 Å². The van der Waals surface area contributed by atoms with Crippen molar-refractivity contribution in [1.29, 1.82) is 0 Å². The SMILES string of the molecule is O=C(O)c1ccc2c(c1)N(C[C@@H]1CC[C@H]1COC(=O)c1ccccc1)C[C@@]1(CCOc3cc(Cl)ccc31)CO2. The Labute approximate surface area is 232 Å². The molecule has 6 rings (SSSR count). The minimum Gasteiger partial charge on any atom is -0.493 e. The monoisotopic (exact) mass is 547 g/mol. The molecule has 1 spiro atoms. The second-order valence-electron chi connectivity index (χ2n) is 10.7. The van der Waals surface area contributed by atoms with Crippen molar-refractivity contribution in [2.75, 3.05) is 37.8 Å². The highest BCUT2D eigenvalue weighted by molar-refractivity contribution is 6.30. The zero-order valence-corrected chi connectivity index (χ0v) is 22.2. The normalized spacial score (nSPS) is 23.4. The third kappa shape index (κ3) is 5.03. The predicted molar refractivity (Wildman–Crippen MR) is 147 cm³/mol. The van der Waals surface area contributed by atoms with Crippen LogP contribution >= 0.6 is 11.6 Å². The zero-order valence-electron chi connectivity index (χ0n) is 21.5. The molecule has 7 nitrogen and oxygen atoms in total. The Hall–Kier alpha value is -3.71. The lowest BCUT2D eigenvalue weighted by Crippen LogP contribution is -2.49. The van der Waals surface area contributed by atoms with Crippen molar-refractivity contribution >= 4 is 29.2 Å². The highest BCUT2D eigenvalue weighted by atomic mass is 35.5. The van der Waals surface area contributed by atoms with Crippen LogP contribution < -0.4 is 14.4 Å². The van der Waals surface area contributed by atoms with Crippen molar-refractivity contribution in [1.82, 2.24) is 0 Å². The molecule has 3 aliphatic rings. The Morgan fingerprint density at radius 1 is 0.974 bits per heavy atom. The van der Waals surface area contributed by atoms with Crippen molar-refractivity contribution in [3.05, 3.63) is 88.4 Å². The number of carboxylic acids is 1. The summed E-state index contributed by atoms with van der Waals surface area (Å²) in [6, 6.07) is 19.8. The van der Waals surface area contributed by atoms with Gasteiger partial charge in [0.1, 0.15) is 11.5 Å². The summed E-state index contributed by atoms with van der Waals surface area (Å²) in [4.78, 5) is 26.6. The number of ether oxygens (including phenoxy) is 3. The van der Waals surface area contributed by atoms with E-state index < -0.39 is 5.97 Å². The number of hydrogen-bond donors (Lipinski definition) is 1. The van der Waals surface area contributed by atoms with Gasteiger partial charge in [-0.3, -0.25) is 0 Å². The highest BCUT2D eigenvalue weighted by Gasteiger charge is 2.44. The lowest BCUT2D eigenvalue weighted by Gasteiger charge is -2.44. The molecule has 1 saturated carbocycles. The Morgan fingerprint density at radius 2 is 1.79 bits per heavy atom. The number of aromatic carboxylic acids is 1. The molecule has 2 aliphatic heterocycles. The van der Waals surface area contributed by atoms with Gasteiger partial charge in [0.2, 0.25) is 0 Å². The van der Waals surface area contributed by atoms with Gasteiger partial charge in [-0.2, -0.15) is 0 Å². The number of esters is 1. The van der Waals surface area contributed by atoms with Gasteiger partial charge >= 0.3 is 11.9 Å². The molecule has 0 unspecified atom stereocenters. The first-order chi connectivity index (χ1) is 18.9. The summed E-state index contributed by atoms with van der Waals surface area (Å²) in [5, 5.41) is 10.3. The van der Waals surface area contributed by atoms with Crippen LogP contribution in [0.5, 0.6) is 11.5 Å². The lowest BCUT2D eigenvalue weighted by atomic mass is 9.72. The Balaban J connectivity index is 1.26. The van der Waals surface area contributed by atoms with Crippen molar-refractivity contribution in [3.63, 3.8) is 0 Å². The van der Waals surface area contributed by atoms with E-state index in [0.29, 0.717) is 55.2 Å². The van der Waals surface area contributed by atoms with Gasteiger partial charge in [0.15, 0.2) is 0 Å². The third-order valence-corrected chi connectivity index (χ3v) is 8.60. The Bertz CT molecular complexity index is 1400. The summed E-state index contributed by atoms with van der Waals surface area (Å²) < 4.78 is 18.0. The van der Waals surface area contributed by atoms with E-state index in [9.17, 15) is 14.7 Å². The number of carbonyl (C=O) groups excluding carboxylic acids is 1. The molecule has 8 heteroatoms. The summed E-state index contributed by atoms with van der Waals surface area (Å²) >= 11 is 6.27. The molecular formula is C31H30ClNO6. The first-order valence-electron chi connectivity index (χ1n) is 13.3. The molecule has 3 aromatic rings. The van der Waals surface area contributed by atoms with Gasteiger partial charge < -0.3 is 24.2 Å². The van der Waals surface area contributed by atoms with E-state index in [1.165, 1.54) is 0 Å². The Kier molecular flexibility index (Phi) is 6.85. The molecule has 0 aromatic heterocycles. The fraction of sp³-hybridized carbons (Fsp3) is 0.355. The molecule has 1 N–H and O–H groups in total. The maximum absolute atomic E-state index is 12.5. The number of nitrogens with zero attached hydrogens (tertiary/aromatic N) is 1. The average molecular weight is 548 g/mol. The zero-order chi connectivity index (χ0) is 27.0. The standard InChI is InChI=1S/C31H30ClNO6/c32-24-9-10-25-28(15-24)37-13-12-31(25)18-33(26-14-21(29(34)35)8-11-27(26)39-19-31)16-22-6-7-23(22)17-38-30(36)20-4-2-1-3-5-20/h1-5,8-11,14-15,22-23H,6-7,12-13,16-19H2,(H,34,35)/t22-,23-,31-/m0/s1. The van der Waals surface area contributed by atoms with Crippen molar-refractivity contribution in [2.45, 2.75) is 24.7 Å². The van der Waals surface area contributed by atoms with E-state index in [0.717, 1.165) is 36.3 Å². The Morgan fingerprint density at radius 3 is 2.56 bits per heavy atom. The van der Waals surface area contributed by atoms with Gasteiger partial charge in [-0.1, -0.05) is 35.9 Å². The van der Waals surface area contributed by atoms with Gasteiger partial charge in [0.05, 0.1) is 42.0 Å². The number of anilines is 1. The predicted octanol–water partition coefficient (Wildman–Crippen LogP) is 5.84. The molecule has 0 radical (unpaired) electrons. The number of benzene rings is 3. The molecule has 0 amide bonds. The van der Waals surface area contributed by atoms with Crippen LogP contribution in [0.4, 0.5) is 5.69 Å². The van der Waals surface area contributed by atoms with E-state index in [4.69, 9.17) is 25.8 Å². The highest BCUT2D eigenvalue weighted by Crippen LogP contribution is 2.46. The van der Waals surface area contributed by atoms with Crippen LogP contribution in [0.15, 0.2) is 66.7 Å². The van der Waals surface area contributed by atoms with E-state index in [-0.39, 0.29) is 22.9 Å². The van der Waals surface area contributed by atoms with Gasteiger partial charge in [0.25, 0.3) is 0 Å². The van der Waals surface area contributed by atoms with E-state index in [2.05, 4.69) is 4.90 Å². The van der Waals surface area contributed by atoms with Crippen LogP contribution in [0.1, 0.15) is 45.5 Å². The summed E-state index contributed by atoms with van der Waals surface area (Å²) in [6.45, 7) is 2.71. The van der Waals surface area contributed by atoms with Crippen LogP contribution in [-0.2, 0) is 10.2 Å². The molecular weight excluding hydrogens is 518 g/mol. The third-order valence-electron chi connectivity index (χ3n) is 8.37. The molecule has 2 heterocycles. The maximum Gasteiger partial charge on any atom is 0.338 e. The number of rotatable bonds is 6. The number of fused-ring (bicyclic) bond motifs is 3. The van der Waals surface area contributed by atoms with Crippen molar-refractivity contribution in [3.8, 4) is 11.5 Å². The van der Waals surface area contributed by atoms with Gasteiger partial charge in [-0.25, -0.2) is 9.59 Å². The van der Waals surface area contributed by atoms with Crippen molar-refractivity contribution < 1.29 is 28.9 Å². The first kappa shape index (κ1) is 25.6. The molecule has 0 bridgehead atoms. The van der Waals surface area contributed by atoms with Crippen LogP contribution in [0.3, 0.4) is 0 Å². The molecule has 3 atom stereocenters. The number of hydrogen-bond acceptors (Lipinski definition) is 6. The van der Waals surface area contributed by atoms with E-state index in [1.54, 1.807) is 30.3 Å². The lowest BCUT2D eigenvalue weighted by molar-refractivity contribution is 0.0246. The van der Waals surface area contributed by atoms with Crippen LogP contribution in [0.25, 0.3) is 0 Å². The summed E-state index contributed by atoms with van der Waals surface area (Å²) in [6.07, 6.45) is 2.77. The molecule has 1 aliphatic carbocycles. The topological polar surface area (TPSA) is 85.3 Å². The van der Waals surface area contributed by atoms with Crippen LogP contribution in [0, 0.1) is 11.8 Å². The number of carbonyl (C=O) groups is 2. The van der Waals surface area contributed by atoms with E-state index in [1.807, 2.05) is 36.4 Å². The minimum atomic E-state index is -0.975. The largest absolute Gasteiger partial charge is 0.493 e. The molecule has 0 saturated heterocycles. The first-order valence-corrected chi connectivity index (χ1v) is 13.7. The van der Waals surface area contributed by atoms with Gasteiger partial charge in [-0.05, 0) is 73.6 Å². The number of halogens is 1. The quantitative estimate of drug-likeness (QED) is 0.388. The molecule has 39 heavy (non-hydrogen) atoms. The fourth-order valence-electron chi connectivity index (χ4n) is 5.97. The molecule has 202 valence electrons. The summed E-state index contributed by atoms with van der Waals surface area (Å²) in [5.74, 6) is 0.697. The number of carboxylic acid groups (broad SMARTS) is 1. The van der Waals surface area contributed by atoms with Crippen LogP contribution in [-0.4, -0.2) is 50.0 Å². The summed E-state index contributed by atoms with van der Waals surface area (Å²) in [5.41, 5.74) is 2.25. The average Bonchev–Trinajstić information content (AvgIpc) is 3.08. The fourth-order valence-corrected chi connectivity index (χ4v) is 6.14.